The summed E-state index contributed by atoms with van der Waals surface area (Å²) in [5.74, 6) is -0.777. The van der Waals surface area contributed by atoms with Gasteiger partial charge in [-0.1, -0.05) is 0 Å². The number of aliphatic imine (C=N–C) groups is 1. The first-order valence-corrected chi connectivity index (χ1v) is 6.47. The number of rotatable bonds is 2. The Kier molecular flexibility index (Phi) is 4.49. The molecule has 4 nitrogen and oxygen atoms in total. The Morgan fingerprint density at radius 3 is 2.53 bits per heavy atom. The molecule has 1 saturated heterocycles. The van der Waals surface area contributed by atoms with E-state index < -0.39 is 5.91 Å². The molecule has 2 rings (SSSR count). The molecule has 1 aliphatic rings. The molecule has 1 heterocycles. The summed E-state index contributed by atoms with van der Waals surface area (Å²) in [6, 6.07) is 5.72. The van der Waals surface area contributed by atoms with Gasteiger partial charge in [0.2, 0.25) is 0 Å². The minimum absolute atomic E-state index is 0.359. The fourth-order valence-electron chi connectivity index (χ4n) is 1.98. The Labute approximate surface area is 111 Å². The maximum atomic E-state index is 12.8. The van der Waals surface area contributed by atoms with Gasteiger partial charge in [-0.15, -0.1) is 0 Å². The van der Waals surface area contributed by atoms with E-state index in [1.54, 1.807) is 0 Å². The molecule has 1 amide bonds. The third kappa shape index (κ3) is 3.53. The molecule has 0 radical (unpaired) electrons. The highest BCUT2D eigenvalue weighted by Crippen LogP contribution is 2.11. The molecule has 1 fully saturated rings. The molecule has 0 spiro atoms. The minimum Gasteiger partial charge on any atom is -0.465 e. The van der Waals surface area contributed by atoms with Crippen molar-refractivity contribution in [2.24, 2.45) is 4.99 Å². The summed E-state index contributed by atoms with van der Waals surface area (Å²) in [6.07, 6.45) is 2.16. The third-order valence-electron chi connectivity index (χ3n) is 2.94. The van der Waals surface area contributed by atoms with Crippen molar-refractivity contribution in [3.8, 4) is 0 Å². The quantitative estimate of drug-likeness (QED) is 0.608. The highest BCUT2D eigenvalue weighted by molar-refractivity contribution is 6.01. The monoisotopic (exact) mass is 264 g/mol. The molecule has 0 saturated carbocycles. The van der Waals surface area contributed by atoms with E-state index in [2.05, 4.69) is 4.99 Å². The molecule has 1 aromatic carbocycles. The molecule has 0 N–H and O–H groups in total. The maximum absolute atomic E-state index is 12.8. The van der Waals surface area contributed by atoms with Gasteiger partial charge >= 0.3 is 0 Å². The van der Waals surface area contributed by atoms with Crippen LogP contribution < -0.4 is 0 Å². The van der Waals surface area contributed by atoms with Gasteiger partial charge in [-0.25, -0.2) is 4.39 Å². The summed E-state index contributed by atoms with van der Waals surface area (Å²) in [4.78, 5) is 18.0. The van der Waals surface area contributed by atoms with Crippen molar-refractivity contribution in [2.45, 2.75) is 19.8 Å². The first-order valence-electron chi connectivity index (χ1n) is 6.47. The van der Waals surface area contributed by atoms with Gasteiger partial charge in [0.1, 0.15) is 5.82 Å². The number of ether oxygens (including phenoxy) is 1. The Hall–Kier alpha value is -1.91. The molecule has 0 atom stereocenters. The smallest absolute Gasteiger partial charge is 0.295 e. The lowest BCUT2D eigenvalue weighted by atomic mass is 10.2. The Balaban J connectivity index is 2.15. The van der Waals surface area contributed by atoms with Crippen LogP contribution in [0.1, 0.15) is 30.1 Å². The zero-order valence-corrected chi connectivity index (χ0v) is 10.9. The van der Waals surface area contributed by atoms with E-state index in [1.165, 1.54) is 24.3 Å². The molecule has 5 heteroatoms. The van der Waals surface area contributed by atoms with E-state index in [0.717, 1.165) is 25.9 Å². The zero-order chi connectivity index (χ0) is 13.7. The number of halogens is 1. The number of amides is 1. The number of carbonyl (C=O) groups excluding carboxylic acids is 1. The normalized spacial score (nSPS) is 15.7. The Morgan fingerprint density at radius 1 is 1.32 bits per heavy atom. The maximum Gasteiger partial charge on any atom is 0.295 e. The van der Waals surface area contributed by atoms with Crippen molar-refractivity contribution in [2.75, 3.05) is 19.7 Å². The predicted molar refractivity (Wildman–Crippen MR) is 70.6 cm³/mol. The van der Waals surface area contributed by atoms with E-state index in [-0.39, 0.29) is 5.82 Å². The molecule has 0 unspecified atom stereocenters. The average Bonchev–Trinajstić information content (AvgIpc) is 2.92. The molecular formula is C14H17FN2O2. The molecule has 0 aliphatic carbocycles. The van der Waals surface area contributed by atoms with Gasteiger partial charge in [0.05, 0.1) is 6.61 Å². The minimum atomic E-state index is -0.407. The first kappa shape index (κ1) is 13.5. The third-order valence-corrected chi connectivity index (χ3v) is 2.94. The number of hydrogen-bond acceptors (Lipinski definition) is 2. The van der Waals surface area contributed by atoms with Crippen molar-refractivity contribution >= 4 is 11.9 Å². The summed E-state index contributed by atoms with van der Waals surface area (Å²) in [7, 11) is 0. The summed E-state index contributed by atoms with van der Waals surface area (Å²) in [6.45, 7) is 4.03. The largest absolute Gasteiger partial charge is 0.465 e. The molecule has 1 aromatic rings. The van der Waals surface area contributed by atoms with E-state index in [0.29, 0.717) is 18.2 Å². The number of hydrogen-bond donors (Lipinski definition) is 0. The SMILES string of the molecule is CCOC(=NC(=O)c1ccc(F)cc1)N1CCCC1. The number of nitrogens with zero attached hydrogens (tertiary/aromatic N) is 2. The number of amidine groups is 1. The average molecular weight is 264 g/mol. The van der Waals surface area contributed by atoms with Gasteiger partial charge in [0.25, 0.3) is 11.9 Å². The van der Waals surface area contributed by atoms with E-state index >= 15 is 0 Å². The summed E-state index contributed by atoms with van der Waals surface area (Å²) < 4.78 is 18.2. The zero-order valence-electron chi connectivity index (χ0n) is 10.9. The van der Waals surface area contributed by atoms with Crippen LogP contribution in [0.4, 0.5) is 4.39 Å². The van der Waals surface area contributed by atoms with Crippen molar-refractivity contribution in [1.82, 2.24) is 4.90 Å². The van der Waals surface area contributed by atoms with Crippen LogP contribution in [0.5, 0.6) is 0 Å². The van der Waals surface area contributed by atoms with Crippen LogP contribution in [-0.2, 0) is 4.74 Å². The van der Waals surface area contributed by atoms with Crippen molar-refractivity contribution in [3.63, 3.8) is 0 Å². The Bertz CT molecular complexity index is 465. The lowest BCUT2D eigenvalue weighted by Gasteiger charge is -2.18. The van der Waals surface area contributed by atoms with Gasteiger partial charge in [-0.3, -0.25) is 4.79 Å². The molecule has 102 valence electrons. The number of likely N-dealkylation sites (tertiary alicyclic amines) is 1. The second kappa shape index (κ2) is 6.31. The number of carbonyl (C=O) groups is 1. The van der Waals surface area contributed by atoms with Gasteiger partial charge in [-0.05, 0) is 44.0 Å². The van der Waals surface area contributed by atoms with Crippen LogP contribution in [0.15, 0.2) is 29.3 Å². The highest BCUT2D eigenvalue weighted by Gasteiger charge is 2.19. The predicted octanol–water partition coefficient (Wildman–Crippen LogP) is 2.45. The van der Waals surface area contributed by atoms with Crippen LogP contribution in [0, 0.1) is 5.82 Å². The molecule has 0 bridgehead atoms. The second-order valence-electron chi connectivity index (χ2n) is 4.33. The van der Waals surface area contributed by atoms with Crippen LogP contribution in [0.3, 0.4) is 0 Å². The fourth-order valence-corrected chi connectivity index (χ4v) is 1.98. The van der Waals surface area contributed by atoms with E-state index in [4.69, 9.17) is 4.74 Å². The standard InChI is InChI=1S/C14H17FN2O2/c1-2-19-14(17-9-3-4-10-17)16-13(18)11-5-7-12(15)8-6-11/h5-8H,2-4,9-10H2,1H3. The summed E-state index contributed by atoms with van der Waals surface area (Å²) in [5.41, 5.74) is 0.359. The van der Waals surface area contributed by atoms with Crippen molar-refractivity contribution in [1.29, 1.82) is 0 Å². The van der Waals surface area contributed by atoms with E-state index in [9.17, 15) is 9.18 Å². The van der Waals surface area contributed by atoms with Gasteiger partial charge in [0.15, 0.2) is 0 Å². The van der Waals surface area contributed by atoms with Crippen LogP contribution >= 0.6 is 0 Å². The molecule has 19 heavy (non-hydrogen) atoms. The van der Waals surface area contributed by atoms with E-state index in [1.807, 2.05) is 11.8 Å². The first-order chi connectivity index (χ1) is 9.20. The summed E-state index contributed by atoms with van der Waals surface area (Å²) in [5, 5.41) is 0. The second-order valence-corrected chi connectivity index (χ2v) is 4.33. The van der Waals surface area contributed by atoms with Crippen LogP contribution in [-0.4, -0.2) is 36.5 Å². The topological polar surface area (TPSA) is 41.9 Å². The highest BCUT2D eigenvalue weighted by atomic mass is 19.1. The van der Waals surface area contributed by atoms with Crippen LogP contribution in [0.25, 0.3) is 0 Å². The number of benzene rings is 1. The van der Waals surface area contributed by atoms with Gasteiger partial charge < -0.3 is 9.64 Å². The lowest BCUT2D eigenvalue weighted by molar-refractivity contribution is 0.0995. The van der Waals surface area contributed by atoms with Gasteiger partial charge in [0, 0.05) is 18.7 Å². The van der Waals surface area contributed by atoms with Crippen LogP contribution in [0.2, 0.25) is 0 Å². The van der Waals surface area contributed by atoms with Crippen molar-refractivity contribution < 1.29 is 13.9 Å². The van der Waals surface area contributed by atoms with Crippen molar-refractivity contribution in [3.05, 3.63) is 35.6 Å². The molecule has 0 aromatic heterocycles. The lowest BCUT2D eigenvalue weighted by Crippen LogP contribution is -2.31. The molecule has 1 aliphatic heterocycles. The van der Waals surface area contributed by atoms with Gasteiger partial charge in [-0.2, -0.15) is 4.99 Å². The molecular weight excluding hydrogens is 247 g/mol. The Morgan fingerprint density at radius 2 is 1.95 bits per heavy atom. The fraction of sp³-hybridized carbons (Fsp3) is 0.429. The summed E-state index contributed by atoms with van der Waals surface area (Å²) >= 11 is 0.